The first-order valence-corrected chi connectivity index (χ1v) is 7.78. The molecule has 1 aromatic carbocycles. The molecule has 2 aliphatic carbocycles. The lowest BCUT2D eigenvalue weighted by Gasteiger charge is -2.04. The van der Waals surface area contributed by atoms with Gasteiger partial charge < -0.3 is 5.32 Å². The molecule has 1 amide bonds. The van der Waals surface area contributed by atoms with Crippen LogP contribution in [-0.2, 0) is 4.79 Å². The molecule has 0 unspecified atom stereocenters. The van der Waals surface area contributed by atoms with Crippen LogP contribution >= 0.6 is 15.9 Å². The molecule has 0 spiro atoms. The minimum atomic E-state index is 0.184. The van der Waals surface area contributed by atoms with Crippen molar-refractivity contribution in [1.82, 2.24) is 0 Å². The van der Waals surface area contributed by atoms with E-state index in [0.717, 1.165) is 10.2 Å². The predicted octanol–water partition coefficient (Wildman–Crippen LogP) is 4.38. The molecule has 19 heavy (non-hydrogen) atoms. The van der Waals surface area contributed by atoms with Gasteiger partial charge in [-0.05, 0) is 55.4 Å². The molecular formula is C16H18BrNO. The van der Waals surface area contributed by atoms with Crippen molar-refractivity contribution in [3.63, 3.8) is 0 Å². The van der Waals surface area contributed by atoms with Crippen LogP contribution in [0.15, 0.2) is 40.9 Å². The SMILES string of the molecule is O=C(Nc1ccc(Br)cc1)[C@@H]1[C@H]2C=CCCCC[C@H]21. The minimum Gasteiger partial charge on any atom is -0.326 e. The number of amides is 1. The van der Waals surface area contributed by atoms with Gasteiger partial charge in [0.25, 0.3) is 0 Å². The Labute approximate surface area is 122 Å². The molecule has 0 saturated heterocycles. The second-order valence-electron chi connectivity index (χ2n) is 5.48. The van der Waals surface area contributed by atoms with Crippen molar-refractivity contribution in [2.75, 3.05) is 5.32 Å². The zero-order valence-corrected chi connectivity index (χ0v) is 12.4. The van der Waals surface area contributed by atoms with Gasteiger partial charge in [0.05, 0.1) is 0 Å². The van der Waals surface area contributed by atoms with Gasteiger partial charge in [0, 0.05) is 16.1 Å². The molecule has 0 radical (unpaired) electrons. The highest BCUT2D eigenvalue weighted by atomic mass is 79.9. The zero-order chi connectivity index (χ0) is 13.2. The Balaban J connectivity index is 1.64. The van der Waals surface area contributed by atoms with Crippen LogP contribution in [0.25, 0.3) is 0 Å². The van der Waals surface area contributed by atoms with Crippen LogP contribution in [-0.4, -0.2) is 5.91 Å². The molecule has 3 atom stereocenters. The normalized spacial score (nSPS) is 29.0. The highest BCUT2D eigenvalue weighted by molar-refractivity contribution is 9.10. The van der Waals surface area contributed by atoms with E-state index in [0.29, 0.717) is 11.8 Å². The minimum absolute atomic E-state index is 0.184. The highest BCUT2D eigenvalue weighted by Gasteiger charge is 2.52. The Morgan fingerprint density at radius 3 is 2.79 bits per heavy atom. The first-order chi connectivity index (χ1) is 9.25. The fourth-order valence-electron chi connectivity index (χ4n) is 3.06. The van der Waals surface area contributed by atoms with E-state index in [4.69, 9.17) is 0 Å². The number of allylic oxidation sites excluding steroid dienone is 2. The summed E-state index contributed by atoms with van der Waals surface area (Å²) >= 11 is 3.40. The van der Waals surface area contributed by atoms with Gasteiger partial charge in [0.15, 0.2) is 0 Å². The van der Waals surface area contributed by atoms with Gasteiger partial charge in [-0.15, -0.1) is 0 Å². The number of hydrogen-bond acceptors (Lipinski definition) is 1. The Morgan fingerprint density at radius 2 is 2.00 bits per heavy atom. The maximum atomic E-state index is 12.3. The number of rotatable bonds is 2. The quantitative estimate of drug-likeness (QED) is 0.805. The van der Waals surface area contributed by atoms with Crippen molar-refractivity contribution in [3.05, 3.63) is 40.9 Å². The Bertz CT molecular complexity index is 494. The molecule has 1 fully saturated rings. The molecule has 0 aliphatic heterocycles. The van der Waals surface area contributed by atoms with Gasteiger partial charge in [-0.3, -0.25) is 4.79 Å². The molecule has 100 valence electrons. The van der Waals surface area contributed by atoms with E-state index < -0.39 is 0 Å². The van der Waals surface area contributed by atoms with Crippen LogP contribution in [0.4, 0.5) is 5.69 Å². The van der Waals surface area contributed by atoms with Gasteiger partial charge in [-0.2, -0.15) is 0 Å². The second-order valence-corrected chi connectivity index (χ2v) is 6.39. The summed E-state index contributed by atoms with van der Waals surface area (Å²) in [7, 11) is 0. The van der Waals surface area contributed by atoms with E-state index in [-0.39, 0.29) is 11.8 Å². The summed E-state index contributed by atoms with van der Waals surface area (Å²) in [5, 5.41) is 3.03. The fourth-order valence-corrected chi connectivity index (χ4v) is 3.32. The van der Waals surface area contributed by atoms with Crippen LogP contribution in [0.2, 0.25) is 0 Å². The average molecular weight is 320 g/mol. The van der Waals surface area contributed by atoms with Gasteiger partial charge in [0.1, 0.15) is 0 Å². The van der Waals surface area contributed by atoms with Crippen LogP contribution in [0, 0.1) is 17.8 Å². The van der Waals surface area contributed by atoms with E-state index in [1.807, 2.05) is 24.3 Å². The standard InChI is InChI=1S/C16H18BrNO/c17-11-7-9-12(10-8-11)18-16(19)15-13-5-3-1-2-4-6-14(13)15/h3,5,7-10,13-15H,1-2,4,6H2,(H,18,19)/t13-,14+,15+/m0/s1. The third-order valence-electron chi connectivity index (χ3n) is 4.16. The summed E-state index contributed by atoms with van der Waals surface area (Å²) in [5.74, 6) is 1.43. The summed E-state index contributed by atoms with van der Waals surface area (Å²) in [6.45, 7) is 0. The first kappa shape index (κ1) is 12.9. The number of fused-ring (bicyclic) bond motifs is 1. The summed E-state index contributed by atoms with van der Waals surface area (Å²) < 4.78 is 1.03. The van der Waals surface area contributed by atoms with Gasteiger partial charge in [-0.1, -0.05) is 34.5 Å². The predicted molar refractivity (Wildman–Crippen MR) is 80.8 cm³/mol. The lowest BCUT2D eigenvalue weighted by atomic mass is 10.1. The third-order valence-corrected chi connectivity index (χ3v) is 4.69. The molecule has 0 bridgehead atoms. The number of benzene rings is 1. The fraction of sp³-hybridized carbons (Fsp3) is 0.438. The van der Waals surface area contributed by atoms with Crippen molar-refractivity contribution in [2.24, 2.45) is 17.8 Å². The maximum absolute atomic E-state index is 12.3. The summed E-state index contributed by atoms with van der Waals surface area (Å²) in [6.07, 6.45) is 9.41. The Morgan fingerprint density at radius 1 is 1.21 bits per heavy atom. The summed E-state index contributed by atoms with van der Waals surface area (Å²) in [4.78, 5) is 12.3. The molecule has 0 heterocycles. The van der Waals surface area contributed by atoms with Crippen LogP contribution in [0.5, 0.6) is 0 Å². The maximum Gasteiger partial charge on any atom is 0.228 e. The van der Waals surface area contributed by atoms with Crippen molar-refractivity contribution in [2.45, 2.75) is 25.7 Å². The lowest BCUT2D eigenvalue weighted by Crippen LogP contribution is -2.15. The number of carbonyl (C=O) groups is 1. The lowest BCUT2D eigenvalue weighted by molar-refractivity contribution is -0.117. The van der Waals surface area contributed by atoms with E-state index in [2.05, 4.69) is 33.4 Å². The monoisotopic (exact) mass is 319 g/mol. The van der Waals surface area contributed by atoms with Crippen molar-refractivity contribution in [1.29, 1.82) is 0 Å². The van der Waals surface area contributed by atoms with Crippen LogP contribution in [0.1, 0.15) is 25.7 Å². The molecule has 3 rings (SSSR count). The molecule has 1 saturated carbocycles. The zero-order valence-electron chi connectivity index (χ0n) is 10.8. The number of anilines is 1. The van der Waals surface area contributed by atoms with E-state index in [9.17, 15) is 4.79 Å². The number of hydrogen-bond donors (Lipinski definition) is 1. The molecule has 2 aliphatic rings. The number of carbonyl (C=O) groups excluding carboxylic acids is 1. The smallest absolute Gasteiger partial charge is 0.228 e. The molecule has 1 aromatic rings. The summed E-state index contributed by atoms with van der Waals surface area (Å²) in [6, 6.07) is 7.77. The van der Waals surface area contributed by atoms with E-state index >= 15 is 0 Å². The van der Waals surface area contributed by atoms with E-state index in [1.54, 1.807) is 0 Å². The first-order valence-electron chi connectivity index (χ1n) is 6.99. The average Bonchev–Trinajstić information content (AvgIpc) is 3.03. The van der Waals surface area contributed by atoms with Crippen LogP contribution < -0.4 is 5.32 Å². The van der Waals surface area contributed by atoms with Crippen molar-refractivity contribution >= 4 is 27.5 Å². The largest absolute Gasteiger partial charge is 0.326 e. The van der Waals surface area contributed by atoms with Crippen molar-refractivity contribution in [3.8, 4) is 0 Å². The second kappa shape index (κ2) is 5.49. The van der Waals surface area contributed by atoms with Gasteiger partial charge >= 0.3 is 0 Å². The number of nitrogens with one attached hydrogen (secondary N) is 1. The van der Waals surface area contributed by atoms with E-state index in [1.165, 1.54) is 25.7 Å². The van der Waals surface area contributed by atoms with Gasteiger partial charge in [-0.25, -0.2) is 0 Å². The highest BCUT2D eigenvalue weighted by Crippen LogP contribution is 2.51. The Hall–Kier alpha value is -1.09. The molecule has 3 heteroatoms. The third kappa shape index (κ3) is 2.92. The van der Waals surface area contributed by atoms with Crippen LogP contribution in [0.3, 0.4) is 0 Å². The molecule has 0 aromatic heterocycles. The number of halogens is 1. The molecule has 2 nitrogen and oxygen atoms in total. The summed E-state index contributed by atoms with van der Waals surface area (Å²) in [5.41, 5.74) is 0.886. The van der Waals surface area contributed by atoms with Crippen molar-refractivity contribution < 1.29 is 4.79 Å². The Kier molecular flexibility index (Phi) is 3.74. The van der Waals surface area contributed by atoms with Gasteiger partial charge in [0.2, 0.25) is 5.91 Å². The molecular weight excluding hydrogens is 302 g/mol. The molecule has 1 N–H and O–H groups in total. The topological polar surface area (TPSA) is 29.1 Å².